The van der Waals surface area contributed by atoms with Crippen molar-refractivity contribution in [1.29, 1.82) is 0 Å². The summed E-state index contributed by atoms with van der Waals surface area (Å²) in [6.07, 6.45) is 1.07. The van der Waals surface area contributed by atoms with Gasteiger partial charge in [0.05, 0.1) is 17.6 Å². The highest BCUT2D eigenvalue weighted by atomic mass is 35.5. The summed E-state index contributed by atoms with van der Waals surface area (Å²) in [5.41, 5.74) is 4.91. The van der Waals surface area contributed by atoms with E-state index in [4.69, 9.17) is 16.6 Å². The van der Waals surface area contributed by atoms with Crippen LogP contribution in [-0.4, -0.2) is 9.55 Å². The van der Waals surface area contributed by atoms with Crippen molar-refractivity contribution in [1.82, 2.24) is 9.55 Å². The fourth-order valence-electron chi connectivity index (χ4n) is 4.00. The van der Waals surface area contributed by atoms with E-state index in [9.17, 15) is 4.39 Å². The zero-order valence-corrected chi connectivity index (χ0v) is 18.3. The molecule has 0 aliphatic carbocycles. The lowest BCUT2D eigenvalue weighted by molar-refractivity contribution is 0.594. The van der Waals surface area contributed by atoms with E-state index in [0.717, 1.165) is 23.3 Å². The maximum absolute atomic E-state index is 14.5. The van der Waals surface area contributed by atoms with Crippen molar-refractivity contribution in [3.05, 3.63) is 100 Å². The second-order valence-electron chi connectivity index (χ2n) is 8.31. The van der Waals surface area contributed by atoms with Crippen LogP contribution in [0, 0.1) is 11.7 Å². The number of benzene rings is 3. The van der Waals surface area contributed by atoms with Gasteiger partial charge < -0.3 is 4.57 Å². The summed E-state index contributed by atoms with van der Waals surface area (Å²) in [4.78, 5) is 4.91. The molecular weight excluding hydrogens is 395 g/mol. The van der Waals surface area contributed by atoms with Gasteiger partial charge in [-0.05, 0) is 47.7 Å². The van der Waals surface area contributed by atoms with Crippen LogP contribution < -0.4 is 0 Å². The average Bonchev–Trinajstić information content (AvgIpc) is 3.09. The Morgan fingerprint density at radius 1 is 0.933 bits per heavy atom. The molecule has 0 amide bonds. The van der Waals surface area contributed by atoms with Crippen molar-refractivity contribution in [3.63, 3.8) is 0 Å². The van der Waals surface area contributed by atoms with E-state index < -0.39 is 0 Å². The third-order valence-corrected chi connectivity index (χ3v) is 5.93. The van der Waals surface area contributed by atoms with E-state index in [1.54, 1.807) is 12.1 Å². The lowest BCUT2D eigenvalue weighted by Crippen LogP contribution is -2.11. The summed E-state index contributed by atoms with van der Waals surface area (Å²) >= 11 is 6.33. The summed E-state index contributed by atoms with van der Waals surface area (Å²) in [5, 5.41) is 0.435. The normalized spacial score (nSPS) is 12.6. The molecular formula is C26H26ClFN2. The number of nitrogens with zero attached hydrogens (tertiary/aromatic N) is 2. The lowest BCUT2D eigenvalue weighted by atomic mass is 9.96. The van der Waals surface area contributed by atoms with E-state index in [0.29, 0.717) is 23.0 Å². The summed E-state index contributed by atoms with van der Waals surface area (Å²) < 4.78 is 16.6. The van der Waals surface area contributed by atoms with Crippen LogP contribution in [0.2, 0.25) is 5.02 Å². The van der Waals surface area contributed by atoms with Crippen molar-refractivity contribution in [3.8, 4) is 0 Å². The predicted molar refractivity (Wildman–Crippen MR) is 123 cm³/mol. The largest absolute Gasteiger partial charge is 0.323 e. The molecule has 0 fully saturated rings. The van der Waals surface area contributed by atoms with Crippen LogP contribution in [0.3, 0.4) is 0 Å². The Labute approximate surface area is 182 Å². The second kappa shape index (κ2) is 8.61. The van der Waals surface area contributed by atoms with Crippen molar-refractivity contribution in [2.24, 2.45) is 5.92 Å². The minimum atomic E-state index is -0.295. The van der Waals surface area contributed by atoms with Gasteiger partial charge in [0.2, 0.25) is 0 Å². The monoisotopic (exact) mass is 420 g/mol. The summed E-state index contributed by atoms with van der Waals surface area (Å²) in [7, 11) is 0. The molecule has 4 heteroatoms. The fraction of sp³-hybridized carbons (Fsp3) is 0.269. The third-order valence-electron chi connectivity index (χ3n) is 5.57. The van der Waals surface area contributed by atoms with Gasteiger partial charge in [0.1, 0.15) is 11.6 Å². The standard InChI is InChI=1S/C26H26ClFN2/c1-17(2)15-19-11-13-20(14-12-19)18(3)26-29-24-9-4-5-10-25(24)30(26)16-21-22(27)7-6-8-23(21)28/h4-14,17-18H,15-16H2,1-3H3/t18-/m1/s1. The number of hydrogen-bond donors (Lipinski definition) is 0. The molecule has 0 aliphatic rings. The third kappa shape index (κ3) is 4.13. The Kier molecular flexibility index (Phi) is 5.92. The number of fused-ring (bicyclic) bond motifs is 1. The first-order chi connectivity index (χ1) is 14.4. The number of hydrogen-bond acceptors (Lipinski definition) is 1. The Morgan fingerprint density at radius 2 is 1.67 bits per heavy atom. The van der Waals surface area contributed by atoms with Crippen LogP contribution in [0.4, 0.5) is 4.39 Å². The van der Waals surface area contributed by atoms with Crippen molar-refractivity contribution in [2.45, 2.75) is 39.7 Å². The van der Waals surface area contributed by atoms with Gasteiger partial charge in [-0.3, -0.25) is 0 Å². The van der Waals surface area contributed by atoms with Gasteiger partial charge >= 0.3 is 0 Å². The number of aromatic nitrogens is 2. The summed E-state index contributed by atoms with van der Waals surface area (Å²) in [6, 6.07) is 21.6. The number of halogens is 2. The van der Waals surface area contributed by atoms with Crippen LogP contribution in [-0.2, 0) is 13.0 Å². The first-order valence-electron chi connectivity index (χ1n) is 10.4. The highest BCUT2D eigenvalue weighted by molar-refractivity contribution is 6.31. The van der Waals surface area contributed by atoms with E-state index in [1.807, 2.05) is 24.3 Å². The number of para-hydroxylation sites is 2. The molecule has 0 radical (unpaired) electrons. The van der Waals surface area contributed by atoms with Crippen LogP contribution >= 0.6 is 11.6 Å². The molecule has 2 nitrogen and oxygen atoms in total. The van der Waals surface area contributed by atoms with Crippen molar-refractivity contribution >= 4 is 22.6 Å². The van der Waals surface area contributed by atoms with E-state index >= 15 is 0 Å². The molecule has 1 heterocycles. The Bertz CT molecular complexity index is 1140. The van der Waals surface area contributed by atoms with Gasteiger partial charge in [0.15, 0.2) is 0 Å². The van der Waals surface area contributed by atoms with Crippen molar-refractivity contribution in [2.75, 3.05) is 0 Å². The molecule has 0 saturated heterocycles. The topological polar surface area (TPSA) is 17.8 Å². The smallest absolute Gasteiger partial charge is 0.129 e. The maximum atomic E-state index is 14.5. The molecule has 4 rings (SSSR count). The molecule has 0 spiro atoms. The van der Waals surface area contributed by atoms with Crippen LogP contribution in [0.5, 0.6) is 0 Å². The van der Waals surface area contributed by atoms with Crippen LogP contribution in [0.25, 0.3) is 11.0 Å². The van der Waals surface area contributed by atoms with Crippen molar-refractivity contribution < 1.29 is 4.39 Å². The number of imidazole rings is 1. The molecule has 0 bridgehead atoms. The maximum Gasteiger partial charge on any atom is 0.129 e. The first-order valence-corrected chi connectivity index (χ1v) is 10.8. The second-order valence-corrected chi connectivity index (χ2v) is 8.71. The van der Waals surface area contributed by atoms with Gasteiger partial charge in [-0.15, -0.1) is 0 Å². The molecule has 0 N–H and O–H groups in total. The Hall–Kier alpha value is -2.65. The molecule has 1 atom stereocenters. The fourth-order valence-corrected chi connectivity index (χ4v) is 4.22. The lowest BCUT2D eigenvalue weighted by Gasteiger charge is -2.17. The highest BCUT2D eigenvalue weighted by Gasteiger charge is 2.20. The van der Waals surface area contributed by atoms with E-state index in [1.165, 1.54) is 17.2 Å². The Balaban J connectivity index is 1.76. The van der Waals surface area contributed by atoms with Gasteiger partial charge in [-0.1, -0.05) is 74.8 Å². The van der Waals surface area contributed by atoms with Gasteiger partial charge in [0, 0.05) is 16.5 Å². The molecule has 0 unspecified atom stereocenters. The average molecular weight is 421 g/mol. The summed E-state index contributed by atoms with van der Waals surface area (Å²) in [6.45, 7) is 6.95. The first kappa shape index (κ1) is 20.6. The van der Waals surface area contributed by atoms with Gasteiger partial charge in [-0.25, -0.2) is 9.37 Å². The zero-order chi connectivity index (χ0) is 21.3. The van der Waals surface area contributed by atoms with Gasteiger partial charge in [-0.2, -0.15) is 0 Å². The molecule has 4 aromatic rings. The van der Waals surface area contributed by atoms with Crippen LogP contribution in [0.15, 0.2) is 66.7 Å². The SMILES string of the molecule is CC(C)Cc1ccc([C@@H](C)c2nc3ccccc3n2Cc2c(F)cccc2Cl)cc1. The van der Waals surface area contributed by atoms with Crippen LogP contribution in [0.1, 0.15) is 49.2 Å². The van der Waals surface area contributed by atoms with E-state index in [-0.39, 0.29) is 11.7 Å². The number of rotatable bonds is 6. The molecule has 0 saturated carbocycles. The summed E-state index contributed by atoms with van der Waals surface area (Å²) in [5.74, 6) is 1.31. The molecule has 30 heavy (non-hydrogen) atoms. The molecule has 3 aromatic carbocycles. The zero-order valence-electron chi connectivity index (χ0n) is 17.6. The minimum absolute atomic E-state index is 0.0658. The minimum Gasteiger partial charge on any atom is -0.323 e. The highest BCUT2D eigenvalue weighted by Crippen LogP contribution is 2.30. The molecule has 0 aliphatic heterocycles. The quantitative estimate of drug-likeness (QED) is 0.321. The van der Waals surface area contributed by atoms with E-state index in [2.05, 4.69) is 49.6 Å². The van der Waals surface area contributed by atoms with Gasteiger partial charge in [0.25, 0.3) is 0 Å². The molecule has 154 valence electrons. The molecule has 1 aromatic heterocycles. The predicted octanol–water partition coefficient (Wildman–Crippen LogP) is 7.23. The Morgan fingerprint density at radius 3 is 2.37 bits per heavy atom.